The average molecular weight is 138 g/mol. The van der Waals surface area contributed by atoms with Gasteiger partial charge >= 0.3 is 0 Å². The second kappa shape index (κ2) is 3.00. The van der Waals surface area contributed by atoms with Gasteiger partial charge in [0.2, 0.25) is 0 Å². The van der Waals surface area contributed by atoms with E-state index in [1.807, 2.05) is 19.0 Å². The molecular weight excluding hydrogens is 128 g/mol. The van der Waals surface area contributed by atoms with Crippen molar-refractivity contribution in [2.24, 2.45) is 4.99 Å². The highest BCUT2D eigenvalue weighted by Gasteiger charge is 1.85. The molecule has 54 valence electrons. The van der Waals surface area contributed by atoms with Gasteiger partial charge in [0.1, 0.15) is 0 Å². The number of hydrogen-bond acceptors (Lipinski definition) is 2. The van der Waals surface area contributed by atoms with Crippen LogP contribution in [-0.2, 0) is 0 Å². The van der Waals surface area contributed by atoms with Crippen LogP contribution in [0.4, 0.5) is 5.82 Å². The number of aromatic nitrogens is 2. The lowest BCUT2D eigenvalue weighted by Gasteiger charge is -1.99. The van der Waals surface area contributed by atoms with Gasteiger partial charge in [0.25, 0.3) is 0 Å². The first-order chi connectivity index (χ1) is 4.79. The Kier molecular flexibility index (Phi) is 2.04. The lowest BCUT2D eigenvalue weighted by Crippen LogP contribution is -2.06. The molecule has 0 saturated heterocycles. The van der Waals surface area contributed by atoms with Crippen LogP contribution >= 0.6 is 0 Å². The summed E-state index contributed by atoms with van der Waals surface area (Å²) in [5, 5.41) is 6.51. The number of H-pyrrole nitrogens is 1. The third-order valence-corrected chi connectivity index (χ3v) is 0.907. The zero-order chi connectivity index (χ0) is 7.40. The van der Waals surface area contributed by atoms with E-state index in [0.717, 1.165) is 0 Å². The monoisotopic (exact) mass is 138 g/mol. The molecule has 1 aromatic rings. The van der Waals surface area contributed by atoms with Crippen LogP contribution < -0.4 is 0 Å². The van der Waals surface area contributed by atoms with Crippen molar-refractivity contribution in [3.63, 3.8) is 0 Å². The number of nitrogens with one attached hydrogen (secondary N) is 1. The van der Waals surface area contributed by atoms with Crippen LogP contribution in [0.15, 0.2) is 17.3 Å². The maximum Gasteiger partial charge on any atom is 0.174 e. The van der Waals surface area contributed by atoms with Crippen LogP contribution in [0.25, 0.3) is 0 Å². The van der Waals surface area contributed by atoms with E-state index in [-0.39, 0.29) is 0 Å². The van der Waals surface area contributed by atoms with Crippen molar-refractivity contribution in [3.05, 3.63) is 12.3 Å². The van der Waals surface area contributed by atoms with E-state index in [9.17, 15) is 0 Å². The van der Waals surface area contributed by atoms with Crippen molar-refractivity contribution in [1.29, 1.82) is 0 Å². The van der Waals surface area contributed by atoms with Crippen molar-refractivity contribution < 1.29 is 0 Å². The molecule has 1 N–H and O–H groups in total. The van der Waals surface area contributed by atoms with Crippen molar-refractivity contribution in [3.8, 4) is 0 Å². The van der Waals surface area contributed by atoms with Gasteiger partial charge in [-0.1, -0.05) is 0 Å². The molecule has 0 fully saturated rings. The second-order valence-electron chi connectivity index (χ2n) is 2.14. The van der Waals surface area contributed by atoms with Gasteiger partial charge in [-0.25, -0.2) is 4.99 Å². The number of rotatable bonds is 2. The third-order valence-electron chi connectivity index (χ3n) is 0.907. The normalized spacial score (nSPS) is 10.6. The zero-order valence-electron chi connectivity index (χ0n) is 6.07. The molecule has 0 aliphatic carbocycles. The summed E-state index contributed by atoms with van der Waals surface area (Å²) in [5.41, 5.74) is 0. The fourth-order valence-electron chi connectivity index (χ4n) is 0.499. The van der Waals surface area contributed by atoms with Crippen molar-refractivity contribution >= 4 is 12.2 Å². The SMILES string of the molecule is CN(C)/C=N/c1cc[nH]n1. The summed E-state index contributed by atoms with van der Waals surface area (Å²) >= 11 is 0. The topological polar surface area (TPSA) is 44.3 Å². The predicted molar refractivity (Wildman–Crippen MR) is 40.4 cm³/mol. The van der Waals surface area contributed by atoms with Crippen molar-refractivity contribution in [1.82, 2.24) is 15.1 Å². The molecule has 0 bridgehead atoms. The van der Waals surface area contributed by atoms with Crippen LogP contribution in [0.3, 0.4) is 0 Å². The Bertz CT molecular complexity index is 200. The molecule has 0 amide bonds. The Balaban J connectivity index is 2.55. The van der Waals surface area contributed by atoms with Gasteiger partial charge in [-0.05, 0) is 0 Å². The molecule has 1 aromatic heterocycles. The Morgan fingerprint density at radius 2 is 2.50 bits per heavy atom. The Morgan fingerprint density at radius 3 is 3.00 bits per heavy atom. The minimum absolute atomic E-state index is 0.703. The van der Waals surface area contributed by atoms with Crippen LogP contribution in [0.5, 0.6) is 0 Å². The first-order valence-electron chi connectivity index (χ1n) is 2.99. The van der Waals surface area contributed by atoms with Crippen LogP contribution in [-0.4, -0.2) is 35.5 Å². The van der Waals surface area contributed by atoms with Gasteiger partial charge in [0, 0.05) is 26.4 Å². The Labute approximate surface area is 59.6 Å². The second-order valence-corrected chi connectivity index (χ2v) is 2.14. The highest BCUT2D eigenvalue weighted by molar-refractivity contribution is 5.58. The zero-order valence-corrected chi connectivity index (χ0v) is 6.07. The van der Waals surface area contributed by atoms with E-state index in [1.165, 1.54) is 0 Å². The Hall–Kier alpha value is -1.32. The molecule has 4 heteroatoms. The third kappa shape index (κ3) is 1.89. The molecule has 10 heavy (non-hydrogen) atoms. The summed E-state index contributed by atoms with van der Waals surface area (Å²) < 4.78 is 0. The minimum Gasteiger partial charge on any atom is -0.369 e. The maximum absolute atomic E-state index is 4.02. The Morgan fingerprint density at radius 1 is 1.70 bits per heavy atom. The average Bonchev–Trinajstić information content (AvgIpc) is 2.34. The molecule has 0 saturated carbocycles. The summed E-state index contributed by atoms with van der Waals surface area (Å²) in [4.78, 5) is 5.88. The van der Waals surface area contributed by atoms with Gasteiger partial charge in [0.05, 0.1) is 6.34 Å². The smallest absolute Gasteiger partial charge is 0.174 e. The summed E-state index contributed by atoms with van der Waals surface area (Å²) in [7, 11) is 3.83. The summed E-state index contributed by atoms with van der Waals surface area (Å²) in [6.07, 6.45) is 3.44. The summed E-state index contributed by atoms with van der Waals surface area (Å²) in [6.45, 7) is 0. The molecule has 0 aromatic carbocycles. The molecule has 0 aliphatic rings. The molecule has 1 heterocycles. The van der Waals surface area contributed by atoms with Crippen LogP contribution in [0, 0.1) is 0 Å². The molecular formula is C6H10N4. The lowest BCUT2D eigenvalue weighted by atomic mass is 10.7. The van der Waals surface area contributed by atoms with Crippen molar-refractivity contribution in [2.45, 2.75) is 0 Å². The standard InChI is InChI=1S/C6H10N4/c1-10(2)5-7-6-3-4-8-9-6/h3-5H,1-2H3,(H,8,9)/b7-5+. The van der Waals surface area contributed by atoms with E-state index in [0.29, 0.717) is 5.82 Å². The quantitative estimate of drug-likeness (QED) is 0.481. The highest BCUT2D eigenvalue weighted by Crippen LogP contribution is 2.01. The van der Waals surface area contributed by atoms with Gasteiger partial charge in [-0.2, -0.15) is 5.10 Å². The van der Waals surface area contributed by atoms with E-state index >= 15 is 0 Å². The fourth-order valence-corrected chi connectivity index (χ4v) is 0.499. The first-order valence-corrected chi connectivity index (χ1v) is 2.99. The number of aliphatic imine (C=N–C) groups is 1. The van der Waals surface area contributed by atoms with E-state index in [1.54, 1.807) is 18.6 Å². The summed E-state index contributed by atoms with van der Waals surface area (Å²) in [5.74, 6) is 0.703. The molecule has 0 radical (unpaired) electrons. The minimum atomic E-state index is 0.703. The van der Waals surface area contributed by atoms with Crippen LogP contribution in [0.2, 0.25) is 0 Å². The van der Waals surface area contributed by atoms with E-state index < -0.39 is 0 Å². The van der Waals surface area contributed by atoms with Gasteiger partial charge in [-0.3, -0.25) is 5.10 Å². The van der Waals surface area contributed by atoms with Gasteiger partial charge in [0.15, 0.2) is 5.82 Å². The maximum atomic E-state index is 4.02. The molecule has 0 spiro atoms. The number of aromatic amines is 1. The first kappa shape index (κ1) is 6.80. The van der Waals surface area contributed by atoms with Crippen LogP contribution in [0.1, 0.15) is 0 Å². The summed E-state index contributed by atoms with van der Waals surface area (Å²) in [6, 6.07) is 1.81. The number of nitrogens with zero attached hydrogens (tertiary/aromatic N) is 3. The predicted octanol–water partition coefficient (Wildman–Crippen LogP) is 0.631. The fraction of sp³-hybridized carbons (Fsp3) is 0.333. The van der Waals surface area contributed by atoms with E-state index in [4.69, 9.17) is 0 Å². The van der Waals surface area contributed by atoms with Gasteiger partial charge in [-0.15, -0.1) is 0 Å². The molecule has 1 rings (SSSR count). The van der Waals surface area contributed by atoms with E-state index in [2.05, 4.69) is 15.2 Å². The molecule has 0 atom stereocenters. The van der Waals surface area contributed by atoms with Gasteiger partial charge < -0.3 is 4.90 Å². The van der Waals surface area contributed by atoms with Crippen molar-refractivity contribution in [2.75, 3.05) is 14.1 Å². The number of hydrogen-bond donors (Lipinski definition) is 1. The molecule has 0 aliphatic heterocycles. The largest absolute Gasteiger partial charge is 0.369 e. The highest BCUT2D eigenvalue weighted by atomic mass is 15.2. The molecule has 0 unspecified atom stereocenters. The lowest BCUT2D eigenvalue weighted by molar-refractivity contribution is 0.643. The molecule has 4 nitrogen and oxygen atoms in total.